The van der Waals surface area contributed by atoms with Crippen LogP contribution >= 0.6 is 0 Å². The van der Waals surface area contributed by atoms with E-state index in [1.54, 1.807) is 0 Å². The Morgan fingerprint density at radius 2 is 1.27 bits per heavy atom. The first kappa shape index (κ1) is 14.2. The van der Waals surface area contributed by atoms with Gasteiger partial charge in [-0.25, -0.2) is 17.6 Å². The van der Waals surface area contributed by atoms with Crippen molar-refractivity contribution >= 4 is 11.8 Å². The predicted molar refractivity (Wildman–Crippen MR) is 66.9 cm³/mol. The zero-order chi connectivity index (χ0) is 16.0. The molecule has 1 aliphatic rings. The van der Waals surface area contributed by atoms with Crippen LogP contribution in [0.3, 0.4) is 0 Å². The standard InChI is InChI=1S/C15H7F4NO2/c16-10-5-11(17)13(19)9(12(10)18)6-20-14(21)7-3-1-2-4-8(7)15(20)22/h1-5H,6H2. The molecule has 1 aliphatic heterocycles. The van der Waals surface area contributed by atoms with Crippen molar-refractivity contribution in [2.24, 2.45) is 0 Å². The quantitative estimate of drug-likeness (QED) is 0.486. The summed E-state index contributed by atoms with van der Waals surface area (Å²) in [4.78, 5) is 24.7. The van der Waals surface area contributed by atoms with Crippen molar-refractivity contribution < 1.29 is 27.2 Å². The van der Waals surface area contributed by atoms with Crippen molar-refractivity contribution in [1.82, 2.24) is 4.90 Å². The number of carbonyl (C=O) groups is 2. The maximum absolute atomic E-state index is 13.6. The Bertz CT molecular complexity index is 758. The van der Waals surface area contributed by atoms with Gasteiger partial charge < -0.3 is 0 Å². The number of nitrogens with zero attached hydrogens (tertiary/aromatic N) is 1. The number of hydrogen-bond acceptors (Lipinski definition) is 2. The van der Waals surface area contributed by atoms with Crippen LogP contribution in [-0.2, 0) is 6.54 Å². The van der Waals surface area contributed by atoms with Gasteiger partial charge in [-0.1, -0.05) is 12.1 Å². The third-order valence-corrected chi connectivity index (χ3v) is 3.40. The maximum atomic E-state index is 13.6. The SMILES string of the molecule is O=C1c2ccccc2C(=O)N1Cc1c(F)c(F)cc(F)c1F. The minimum absolute atomic E-state index is 0.0660. The molecular formula is C15H7F4NO2. The van der Waals surface area contributed by atoms with Crippen LogP contribution in [0.2, 0.25) is 0 Å². The lowest BCUT2D eigenvalue weighted by atomic mass is 10.1. The molecular weight excluding hydrogens is 302 g/mol. The summed E-state index contributed by atoms with van der Waals surface area (Å²) >= 11 is 0. The van der Waals surface area contributed by atoms with E-state index in [2.05, 4.69) is 0 Å². The molecule has 0 bridgehead atoms. The molecule has 0 saturated heterocycles. The Morgan fingerprint density at radius 1 is 0.818 bits per heavy atom. The Hall–Kier alpha value is -2.70. The molecule has 0 unspecified atom stereocenters. The fraction of sp³-hybridized carbons (Fsp3) is 0.0667. The van der Waals surface area contributed by atoms with Crippen molar-refractivity contribution in [3.8, 4) is 0 Å². The first-order chi connectivity index (χ1) is 10.4. The number of halogens is 4. The second kappa shape index (κ2) is 4.94. The van der Waals surface area contributed by atoms with Gasteiger partial charge in [0, 0.05) is 11.6 Å². The summed E-state index contributed by atoms with van der Waals surface area (Å²) in [6.07, 6.45) is 0. The van der Waals surface area contributed by atoms with Crippen LogP contribution in [0.5, 0.6) is 0 Å². The zero-order valence-electron chi connectivity index (χ0n) is 10.9. The second-order valence-corrected chi connectivity index (χ2v) is 4.69. The van der Waals surface area contributed by atoms with Gasteiger partial charge in [0.2, 0.25) is 0 Å². The average molecular weight is 309 g/mol. The first-order valence-corrected chi connectivity index (χ1v) is 6.19. The summed E-state index contributed by atoms with van der Waals surface area (Å²) in [5.74, 6) is -7.99. The molecule has 0 fully saturated rings. The summed E-state index contributed by atoms with van der Waals surface area (Å²) in [7, 11) is 0. The summed E-state index contributed by atoms with van der Waals surface area (Å²) in [6.45, 7) is -0.890. The molecule has 0 saturated carbocycles. The Morgan fingerprint density at radius 3 is 1.73 bits per heavy atom. The number of hydrogen-bond donors (Lipinski definition) is 0. The van der Waals surface area contributed by atoms with Crippen LogP contribution < -0.4 is 0 Å². The molecule has 2 aromatic carbocycles. The highest BCUT2D eigenvalue weighted by molar-refractivity contribution is 6.21. The van der Waals surface area contributed by atoms with Gasteiger partial charge in [0.05, 0.1) is 17.7 Å². The van der Waals surface area contributed by atoms with Crippen molar-refractivity contribution in [2.45, 2.75) is 6.54 Å². The fourth-order valence-electron chi connectivity index (χ4n) is 2.30. The highest BCUT2D eigenvalue weighted by Gasteiger charge is 2.36. The van der Waals surface area contributed by atoms with E-state index in [0.717, 1.165) is 0 Å². The zero-order valence-corrected chi connectivity index (χ0v) is 10.9. The van der Waals surface area contributed by atoms with E-state index in [0.29, 0.717) is 4.90 Å². The Balaban J connectivity index is 2.03. The largest absolute Gasteiger partial charge is 0.270 e. The lowest BCUT2D eigenvalue weighted by Gasteiger charge is -2.15. The smallest absolute Gasteiger partial charge is 0.261 e. The molecule has 2 aromatic rings. The molecule has 22 heavy (non-hydrogen) atoms. The number of carbonyl (C=O) groups excluding carboxylic acids is 2. The van der Waals surface area contributed by atoms with Gasteiger partial charge in [-0.05, 0) is 12.1 Å². The van der Waals surface area contributed by atoms with Gasteiger partial charge in [0.1, 0.15) is 0 Å². The Labute approximate surface area is 121 Å². The monoisotopic (exact) mass is 309 g/mol. The fourth-order valence-corrected chi connectivity index (χ4v) is 2.30. The first-order valence-electron chi connectivity index (χ1n) is 6.19. The van der Waals surface area contributed by atoms with Crippen LogP contribution in [0, 0.1) is 23.3 Å². The summed E-state index contributed by atoms with van der Waals surface area (Å²) in [6, 6.07) is 5.88. The summed E-state index contributed by atoms with van der Waals surface area (Å²) in [5.41, 5.74) is -0.859. The number of benzene rings is 2. The van der Waals surface area contributed by atoms with Crippen LogP contribution in [0.15, 0.2) is 30.3 Å². The normalized spacial score (nSPS) is 13.7. The molecule has 0 radical (unpaired) electrons. The second-order valence-electron chi connectivity index (χ2n) is 4.69. The van der Waals surface area contributed by atoms with Gasteiger partial charge in [-0.2, -0.15) is 0 Å². The van der Waals surface area contributed by atoms with E-state index in [4.69, 9.17) is 0 Å². The number of amides is 2. The van der Waals surface area contributed by atoms with Crippen molar-refractivity contribution in [1.29, 1.82) is 0 Å². The molecule has 3 nitrogen and oxygen atoms in total. The van der Waals surface area contributed by atoms with E-state index in [9.17, 15) is 27.2 Å². The lowest BCUT2D eigenvalue weighted by molar-refractivity contribution is 0.0638. The minimum Gasteiger partial charge on any atom is -0.270 e. The number of rotatable bonds is 2. The topological polar surface area (TPSA) is 37.4 Å². The number of imide groups is 1. The average Bonchev–Trinajstić information content (AvgIpc) is 2.74. The summed E-state index contributed by atoms with van der Waals surface area (Å²) < 4.78 is 53.7. The molecule has 1 heterocycles. The molecule has 0 aromatic heterocycles. The molecule has 2 amide bonds. The van der Waals surface area contributed by atoms with Gasteiger partial charge in [-0.15, -0.1) is 0 Å². The molecule has 0 N–H and O–H groups in total. The van der Waals surface area contributed by atoms with E-state index in [1.165, 1.54) is 24.3 Å². The third kappa shape index (κ3) is 1.97. The highest BCUT2D eigenvalue weighted by Crippen LogP contribution is 2.27. The third-order valence-electron chi connectivity index (χ3n) is 3.40. The maximum Gasteiger partial charge on any atom is 0.261 e. The van der Waals surface area contributed by atoms with Crippen molar-refractivity contribution in [3.05, 3.63) is 70.3 Å². The van der Waals surface area contributed by atoms with E-state index >= 15 is 0 Å². The molecule has 0 aliphatic carbocycles. The van der Waals surface area contributed by atoms with Gasteiger partial charge >= 0.3 is 0 Å². The molecule has 0 atom stereocenters. The molecule has 0 spiro atoms. The number of fused-ring (bicyclic) bond motifs is 1. The van der Waals surface area contributed by atoms with Gasteiger partial charge in [0.25, 0.3) is 11.8 Å². The Kier molecular flexibility index (Phi) is 3.20. The molecule has 7 heteroatoms. The molecule has 112 valence electrons. The minimum atomic E-state index is -1.63. The van der Waals surface area contributed by atoms with E-state index < -0.39 is 47.2 Å². The van der Waals surface area contributed by atoms with Crippen LogP contribution in [-0.4, -0.2) is 16.7 Å². The summed E-state index contributed by atoms with van der Waals surface area (Å²) in [5, 5.41) is 0. The van der Waals surface area contributed by atoms with Gasteiger partial charge in [-0.3, -0.25) is 14.5 Å². The van der Waals surface area contributed by atoms with E-state index in [1.807, 2.05) is 0 Å². The highest BCUT2D eigenvalue weighted by atomic mass is 19.2. The lowest BCUT2D eigenvalue weighted by Crippen LogP contribution is -2.30. The van der Waals surface area contributed by atoms with Crippen molar-refractivity contribution in [2.75, 3.05) is 0 Å². The van der Waals surface area contributed by atoms with E-state index in [-0.39, 0.29) is 17.2 Å². The predicted octanol–water partition coefficient (Wildman–Crippen LogP) is 3.04. The van der Waals surface area contributed by atoms with Crippen molar-refractivity contribution in [3.63, 3.8) is 0 Å². The van der Waals surface area contributed by atoms with Crippen LogP contribution in [0.1, 0.15) is 26.3 Å². The molecule has 3 rings (SSSR count). The van der Waals surface area contributed by atoms with Gasteiger partial charge in [0.15, 0.2) is 23.3 Å². The van der Waals surface area contributed by atoms with Crippen LogP contribution in [0.25, 0.3) is 0 Å². The van der Waals surface area contributed by atoms with Crippen LogP contribution in [0.4, 0.5) is 17.6 Å².